The van der Waals surface area contributed by atoms with E-state index in [1.807, 2.05) is 47.9 Å². The first kappa shape index (κ1) is 25.1. The first-order valence-corrected chi connectivity index (χ1v) is 13.3. The molecule has 5 aromatic rings. The zero-order valence-electron chi connectivity index (χ0n) is 21.8. The highest BCUT2D eigenvalue weighted by molar-refractivity contribution is 6.04. The summed E-state index contributed by atoms with van der Waals surface area (Å²) in [7, 11) is 0. The minimum absolute atomic E-state index is 0.284. The number of carbonyl (C=O) groups is 1. The van der Waals surface area contributed by atoms with E-state index in [-0.39, 0.29) is 5.82 Å². The van der Waals surface area contributed by atoms with Crippen molar-refractivity contribution in [3.8, 4) is 16.9 Å². The van der Waals surface area contributed by atoms with Crippen molar-refractivity contribution in [2.45, 2.75) is 45.8 Å². The van der Waals surface area contributed by atoms with E-state index in [4.69, 9.17) is 9.47 Å². The van der Waals surface area contributed by atoms with Gasteiger partial charge in [-0.05, 0) is 67.8 Å². The number of carboxylic acid groups (broad SMARTS) is 1. The third-order valence-corrected chi connectivity index (χ3v) is 7.47. The number of aryl methyl sites for hydroxylation is 3. The van der Waals surface area contributed by atoms with Crippen LogP contribution in [-0.2, 0) is 24.3 Å². The molecule has 1 aliphatic heterocycles. The van der Waals surface area contributed by atoms with Crippen LogP contribution in [0.25, 0.3) is 32.8 Å². The van der Waals surface area contributed by atoms with Crippen LogP contribution in [0.4, 0.5) is 4.39 Å². The largest absolute Gasteiger partial charge is 0.493 e. The normalized spacial score (nSPS) is 13.8. The summed E-state index contributed by atoms with van der Waals surface area (Å²) >= 11 is 0. The van der Waals surface area contributed by atoms with Gasteiger partial charge in [0.1, 0.15) is 17.3 Å². The molecule has 0 saturated heterocycles. The van der Waals surface area contributed by atoms with Crippen molar-refractivity contribution in [1.29, 1.82) is 0 Å². The summed E-state index contributed by atoms with van der Waals surface area (Å²) in [5, 5.41) is 20.5. The topological polar surface area (TPSA) is 89.4 Å². The number of aromatic amines is 1. The number of para-hydroxylation sites is 1. The van der Waals surface area contributed by atoms with Crippen LogP contribution in [0.15, 0.2) is 54.6 Å². The number of aromatic carboxylic acids is 1. The molecule has 1 aliphatic rings. The number of nitrogens with zero attached hydrogens (tertiary/aromatic N) is 2. The minimum Gasteiger partial charge on any atom is -0.493 e. The summed E-state index contributed by atoms with van der Waals surface area (Å²) < 4.78 is 27.6. The summed E-state index contributed by atoms with van der Waals surface area (Å²) in [5.41, 5.74) is 5.77. The van der Waals surface area contributed by atoms with Gasteiger partial charge in [-0.2, -0.15) is 5.10 Å². The fourth-order valence-corrected chi connectivity index (χ4v) is 5.77. The number of ether oxygens (including phenoxy) is 2. The molecule has 0 atom stereocenters. The fraction of sp³-hybridized carbons (Fsp3) is 0.290. The maximum absolute atomic E-state index is 13.7. The van der Waals surface area contributed by atoms with Gasteiger partial charge in [0.25, 0.3) is 0 Å². The van der Waals surface area contributed by atoms with Crippen molar-refractivity contribution in [1.82, 2.24) is 14.8 Å². The van der Waals surface area contributed by atoms with Crippen LogP contribution in [0.3, 0.4) is 0 Å². The molecule has 0 saturated carbocycles. The van der Waals surface area contributed by atoms with Gasteiger partial charge in [-0.3, -0.25) is 5.10 Å². The van der Waals surface area contributed by atoms with Gasteiger partial charge < -0.3 is 19.1 Å². The summed E-state index contributed by atoms with van der Waals surface area (Å²) in [6.45, 7) is 3.99. The molecule has 0 spiro atoms. The van der Waals surface area contributed by atoms with Crippen LogP contribution in [-0.4, -0.2) is 39.1 Å². The smallest absolute Gasteiger partial charge is 0.352 e. The molecule has 6 rings (SSSR count). The van der Waals surface area contributed by atoms with E-state index in [1.165, 1.54) is 12.1 Å². The van der Waals surface area contributed by atoms with Crippen molar-refractivity contribution < 1.29 is 23.8 Å². The standard InChI is InChI=1S/C31H30FN3O4/c1-19-28-25-9-5-8-23-24(10-6-16-39-27-11-4-7-20-17-21(32)12-13-22(20)27)30(31(36)37)35(29(23)25)14-2-3-15-38-18-26(28)34-33-19/h4-5,7-9,11-13,17H,2-3,6,10,14-16,18H2,1H3,(H,33,34)(H,36,37). The van der Waals surface area contributed by atoms with Gasteiger partial charge in [0.2, 0.25) is 0 Å². The number of hydrogen-bond acceptors (Lipinski definition) is 4. The Hall–Kier alpha value is -4.17. The number of halogens is 1. The highest BCUT2D eigenvalue weighted by atomic mass is 19.1. The number of hydrogen-bond donors (Lipinski definition) is 2. The van der Waals surface area contributed by atoms with E-state index in [9.17, 15) is 14.3 Å². The molecule has 0 bridgehead atoms. The Labute approximate surface area is 225 Å². The van der Waals surface area contributed by atoms with Crippen molar-refractivity contribution in [2.75, 3.05) is 13.2 Å². The molecule has 0 aliphatic carbocycles. The molecule has 0 amide bonds. The average Bonchev–Trinajstić information content (AvgIpc) is 3.44. The third-order valence-electron chi connectivity index (χ3n) is 7.47. The Morgan fingerprint density at radius 3 is 2.90 bits per heavy atom. The molecule has 2 aromatic heterocycles. The van der Waals surface area contributed by atoms with Gasteiger partial charge in [-0.15, -0.1) is 0 Å². The summed E-state index contributed by atoms with van der Waals surface area (Å²) in [6.07, 6.45) is 2.82. The van der Waals surface area contributed by atoms with Crippen LogP contribution in [0, 0.1) is 12.7 Å². The maximum Gasteiger partial charge on any atom is 0.352 e. The van der Waals surface area contributed by atoms with Gasteiger partial charge in [-0.1, -0.05) is 30.3 Å². The second kappa shape index (κ2) is 10.5. The number of carboxylic acids is 1. The molecular formula is C31H30FN3O4. The maximum atomic E-state index is 13.7. The van der Waals surface area contributed by atoms with E-state index in [0.29, 0.717) is 50.7 Å². The number of aromatic nitrogens is 3. The Bertz CT molecular complexity index is 1690. The molecule has 3 aromatic carbocycles. The lowest BCUT2D eigenvalue weighted by Crippen LogP contribution is -2.12. The van der Waals surface area contributed by atoms with Crippen molar-refractivity contribution in [3.63, 3.8) is 0 Å². The number of nitrogens with one attached hydrogen (secondary N) is 1. The van der Waals surface area contributed by atoms with Crippen LogP contribution in [0.5, 0.6) is 5.75 Å². The Morgan fingerprint density at radius 1 is 1.15 bits per heavy atom. The quantitative estimate of drug-likeness (QED) is 0.241. The van der Waals surface area contributed by atoms with Crippen LogP contribution in [0.1, 0.15) is 46.7 Å². The molecule has 3 heterocycles. The Kier molecular flexibility index (Phi) is 6.79. The molecule has 0 fully saturated rings. The van der Waals surface area contributed by atoms with Crippen molar-refractivity contribution in [2.24, 2.45) is 0 Å². The molecular weight excluding hydrogens is 497 g/mol. The number of benzene rings is 3. The molecule has 2 N–H and O–H groups in total. The summed E-state index contributed by atoms with van der Waals surface area (Å²) in [5.74, 6) is -0.525. The molecule has 200 valence electrons. The van der Waals surface area contributed by atoms with Gasteiger partial charge >= 0.3 is 5.97 Å². The van der Waals surface area contributed by atoms with E-state index >= 15 is 0 Å². The fourth-order valence-electron chi connectivity index (χ4n) is 5.77. The second-order valence-corrected chi connectivity index (χ2v) is 9.99. The summed E-state index contributed by atoms with van der Waals surface area (Å²) in [6, 6.07) is 16.3. The third kappa shape index (κ3) is 4.65. The van der Waals surface area contributed by atoms with Crippen molar-refractivity contribution in [3.05, 3.63) is 83.1 Å². The Balaban J connectivity index is 1.36. The lowest BCUT2D eigenvalue weighted by Gasteiger charge is -2.12. The minimum atomic E-state index is -0.931. The molecule has 7 nitrogen and oxygen atoms in total. The highest BCUT2D eigenvalue weighted by Crippen LogP contribution is 2.38. The average molecular weight is 528 g/mol. The highest BCUT2D eigenvalue weighted by Gasteiger charge is 2.26. The van der Waals surface area contributed by atoms with Crippen LogP contribution in [0.2, 0.25) is 0 Å². The van der Waals surface area contributed by atoms with E-state index in [2.05, 4.69) is 10.2 Å². The molecule has 8 heteroatoms. The van der Waals surface area contributed by atoms with Crippen LogP contribution >= 0.6 is 0 Å². The monoisotopic (exact) mass is 527 g/mol. The predicted octanol–water partition coefficient (Wildman–Crippen LogP) is 6.65. The molecule has 0 radical (unpaired) electrons. The first-order valence-electron chi connectivity index (χ1n) is 13.3. The van der Waals surface area contributed by atoms with Crippen molar-refractivity contribution >= 4 is 27.6 Å². The van der Waals surface area contributed by atoms with Gasteiger partial charge in [0.15, 0.2) is 0 Å². The predicted molar refractivity (Wildman–Crippen MR) is 148 cm³/mol. The van der Waals surface area contributed by atoms with E-state index in [0.717, 1.165) is 62.6 Å². The van der Waals surface area contributed by atoms with Gasteiger partial charge in [-0.25, -0.2) is 9.18 Å². The molecule has 39 heavy (non-hydrogen) atoms. The zero-order valence-corrected chi connectivity index (χ0v) is 21.8. The SMILES string of the molecule is Cc1[nH]nc2c1-c1cccc3c(CCCOc4cccc5cc(F)ccc45)c(C(=O)O)n(c13)CCCCOC2. The number of fused-ring (bicyclic) bond motifs is 3. The van der Waals surface area contributed by atoms with E-state index in [1.54, 1.807) is 6.07 Å². The lowest BCUT2D eigenvalue weighted by atomic mass is 9.98. The Morgan fingerprint density at radius 2 is 2.03 bits per heavy atom. The van der Waals surface area contributed by atoms with Gasteiger partial charge in [0.05, 0.1) is 24.4 Å². The van der Waals surface area contributed by atoms with Gasteiger partial charge in [0, 0.05) is 40.7 Å². The molecule has 0 unspecified atom stereocenters. The number of H-pyrrole nitrogens is 1. The zero-order chi connectivity index (χ0) is 26.9. The first-order chi connectivity index (χ1) is 19.0. The van der Waals surface area contributed by atoms with E-state index < -0.39 is 5.97 Å². The summed E-state index contributed by atoms with van der Waals surface area (Å²) in [4.78, 5) is 12.7. The van der Waals surface area contributed by atoms with Crippen LogP contribution < -0.4 is 4.74 Å². The second-order valence-electron chi connectivity index (χ2n) is 9.99. The number of rotatable bonds is 6. The lowest BCUT2D eigenvalue weighted by molar-refractivity contribution is 0.0683.